The number of nitrogens with two attached hydrogens (primary N) is 1. The number of pyridine rings is 1. The van der Waals surface area contributed by atoms with Gasteiger partial charge in [0.05, 0.1) is 6.54 Å². The lowest BCUT2D eigenvalue weighted by molar-refractivity contribution is -0.119. The van der Waals surface area contributed by atoms with Crippen LogP contribution < -0.4 is 11.1 Å². The quantitative estimate of drug-likeness (QED) is 0.851. The molecule has 1 aliphatic heterocycles. The third kappa shape index (κ3) is 3.51. The highest BCUT2D eigenvalue weighted by atomic mass is 79.9. The highest BCUT2D eigenvalue weighted by molar-refractivity contribution is 9.10. The van der Waals surface area contributed by atoms with E-state index in [9.17, 15) is 4.79 Å². The van der Waals surface area contributed by atoms with Crippen LogP contribution in [0.4, 0.5) is 5.95 Å². The van der Waals surface area contributed by atoms with E-state index in [2.05, 4.69) is 36.2 Å². The van der Waals surface area contributed by atoms with Crippen molar-refractivity contribution in [3.63, 3.8) is 0 Å². The summed E-state index contributed by atoms with van der Waals surface area (Å²) in [7, 11) is 0. The van der Waals surface area contributed by atoms with Crippen molar-refractivity contribution in [1.82, 2.24) is 19.5 Å². The number of fused-ring (bicyclic) bond motifs is 1. The van der Waals surface area contributed by atoms with E-state index in [-0.39, 0.29) is 5.91 Å². The highest BCUT2D eigenvalue weighted by Crippen LogP contribution is 2.16. The zero-order chi connectivity index (χ0) is 14.8. The van der Waals surface area contributed by atoms with Crippen LogP contribution in [0.1, 0.15) is 12.8 Å². The number of anilines is 1. The summed E-state index contributed by atoms with van der Waals surface area (Å²) in [5, 5.41) is 7.77. The number of rotatable bonds is 4. The molecule has 3 N–H and O–H groups in total. The number of hydrogen-bond donors (Lipinski definition) is 2. The lowest BCUT2D eigenvalue weighted by Crippen LogP contribution is -2.43. The van der Waals surface area contributed by atoms with Gasteiger partial charge in [0.2, 0.25) is 11.9 Å². The Bertz CT molecular complexity index is 649. The first kappa shape index (κ1) is 14.3. The Hall–Kier alpha value is -1.67. The molecule has 0 radical (unpaired) electrons. The fraction of sp³-hybridized carbons (Fsp3) is 0.462. The summed E-state index contributed by atoms with van der Waals surface area (Å²) >= 11 is 3.41. The highest BCUT2D eigenvalue weighted by Gasteiger charge is 2.21. The van der Waals surface area contributed by atoms with Gasteiger partial charge < -0.3 is 11.1 Å². The van der Waals surface area contributed by atoms with Crippen molar-refractivity contribution in [3.8, 4) is 0 Å². The van der Waals surface area contributed by atoms with Crippen LogP contribution in [-0.2, 0) is 4.79 Å². The summed E-state index contributed by atoms with van der Waals surface area (Å²) < 4.78 is 2.71. The van der Waals surface area contributed by atoms with Crippen molar-refractivity contribution >= 4 is 33.4 Å². The molecule has 3 heterocycles. The van der Waals surface area contributed by atoms with Crippen LogP contribution in [0.15, 0.2) is 22.8 Å². The molecule has 1 fully saturated rings. The average Bonchev–Trinajstić information content (AvgIpc) is 2.82. The number of nitrogens with zero attached hydrogens (tertiary/aromatic N) is 4. The second kappa shape index (κ2) is 5.98. The monoisotopic (exact) mass is 352 g/mol. The Balaban J connectivity index is 1.60. The molecule has 3 rings (SSSR count). The first-order chi connectivity index (χ1) is 10.1. The maximum atomic E-state index is 10.9. The summed E-state index contributed by atoms with van der Waals surface area (Å²) in [4.78, 5) is 17.4. The van der Waals surface area contributed by atoms with E-state index in [1.165, 1.54) is 0 Å². The number of piperidine rings is 1. The first-order valence-electron chi connectivity index (χ1n) is 6.89. The van der Waals surface area contributed by atoms with E-state index in [0.29, 0.717) is 18.5 Å². The molecule has 7 nitrogen and oxygen atoms in total. The lowest BCUT2D eigenvalue weighted by atomic mass is 10.1. The molecule has 1 aliphatic rings. The minimum absolute atomic E-state index is 0.269. The van der Waals surface area contributed by atoms with Crippen LogP contribution >= 0.6 is 15.9 Å². The topological polar surface area (TPSA) is 88.5 Å². The van der Waals surface area contributed by atoms with Crippen LogP contribution in [0, 0.1) is 0 Å². The van der Waals surface area contributed by atoms with Crippen molar-refractivity contribution in [2.24, 2.45) is 5.73 Å². The van der Waals surface area contributed by atoms with Crippen LogP contribution in [0.2, 0.25) is 0 Å². The summed E-state index contributed by atoms with van der Waals surface area (Å²) in [6.07, 6.45) is 3.78. The van der Waals surface area contributed by atoms with E-state index in [1.807, 2.05) is 18.3 Å². The van der Waals surface area contributed by atoms with Crippen LogP contribution in [0.25, 0.3) is 5.65 Å². The fourth-order valence-corrected chi connectivity index (χ4v) is 2.88. The smallest absolute Gasteiger partial charge is 0.243 e. The Morgan fingerprint density at radius 3 is 2.90 bits per heavy atom. The van der Waals surface area contributed by atoms with Gasteiger partial charge in [0.25, 0.3) is 0 Å². The normalized spacial score (nSPS) is 17.2. The molecule has 21 heavy (non-hydrogen) atoms. The standard InChI is InChI=1S/C13H17BrN6O/c14-9-1-2-12-17-13(18-20(12)7-9)16-10-3-5-19(6-4-10)8-11(15)21/h1-2,7,10H,3-6,8H2,(H2,15,21)(H,16,18). The summed E-state index contributed by atoms with van der Waals surface area (Å²) in [6, 6.07) is 4.18. The largest absolute Gasteiger partial charge is 0.369 e. The predicted octanol–water partition coefficient (Wildman–Crippen LogP) is 0.853. The SMILES string of the molecule is NC(=O)CN1CCC(Nc2nc3ccc(Br)cn3n2)CC1. The molecule has 1 amide bonds. The average molecular weight is 353 g/mol. The van der Waals surface area contributed by atoms with Gasteiger partial charge in [-0.2, -0.15) is 4.98 Å². The van der Waals surface area contributed by atoms with Crippen LogP contribution in [-0.4, -0.2) is 51.1 Å². The zero-order valence-corrected chi connectivity index (χ0v) is 13.1. The van der Waals surface area contributed by atoms with Crippen molar-refractivity contribution in [2.45, 2.75) is 18.9 Å². The summed E-state index contributed by atoms with van der Waals surface area (Å²) in [5.41, 5.74) is 6.03. The Kier molecular flexibility index (Phi) is 4.07. The molecule has 0 bridgehead atoms. The number of nitrogens with one attached hydrogen (secondary N) is 1. The van der Waals surface area contributed by atoms with Gasteiger partial charge in [-0.1, -0.05) is 0 Å². The maximum Gasteiger partial charge on any atom is 0.243 e. The number of carbonyl (C=O) groups is 1. The van der Waals surface area contributed by atoms with Gasteiger partial charge in [-0.05, 0) is 40.9 Å². The molecule has 0 unspecified atom stereocenters. The van der Waals surface area contributed by atoms with E-state index in [0.717, 1.165) is 36.1 Å². The maximum absolute atomic E-state index is 10.9. The number of amides is 1. The molecule has 2 aromatic heterocycles. The molecule has 8 heteroatoms. The molecular formula is C13H17BrN6O. The first-order valence-corrected chi connectivity index (χ1v) is 7.68. The van der Waals surface area contributed by atoms with Gasteiger partial charge in [0.1, 0.15) is 0 Å². The van der Waals surface area contributed by atoms with Gasteiger partial charge >= 0.3 is 0 Å². The number of hydrogen-bond acceptors (Lipinski definition) is 5. The number of carbonyl (C=O) groups excluding carboxylic acids is 1. The Morgan fingerprint density at radius 1 is 1.43 bits per heavy atom. The van der Waals surface area contributed by atoms with E-state index in [4.69, 9.17) is 5.73 Å². The second-order valence-corrected chi connectivity index (χ2v) is 6.16. The van der Waals surface area contributed by atoms with Gasteiger partial charge in [0, 0.05) is 29.8 Å². The second-order valence-electron chi connectivity index (χ2n) is 5.25. The molecule has 0 aliphatic carbocycles. The van der Waals surface area contributed by atoms with Crippen molar-refractivity contribution < 1.29 is 4.79 Å². The molecule has 0 aromatic carbocycles. The Labute approximate surface area is 130 Å². The van der Waals surface area contributed by atoms with E-state index in [1.54, 1.807) is 4.52 Å². The molecular weight excluding hydrogens is 336 g/mol. The van der Waals surface area contributed by atoms with Gasteiger partial charge in [0.15, 0.2) is 5.65 Å². The van der Waals surface area contributed by atoms with E-state index < -0.39 is 0 Å². The molecule has 0 saturated carbocycles. The van der Waals surface area contributed by atoms with Crippen molar-refractivity contribution in [2.75, 3.05) is 25.0 Å². The van der Waals surface area contributed by atoms with Crippen molar-refractivity contribution in [3.05, 3.63) is 22.8 Å². The molecule has 0 spiro atoms. The minimum atomic E-state index is -0.269. The lowest BCUT2D eigenvalue weighted by Gasteiger charge is -2.31. The molecule has 0 atom stereocenters. The number of halogens is 1. The third-order valence-electron chi connectivity index (χ3n) is 3.60. The Morgan fingerprint density at radius 2 is 2.19 bits per heavy atom. The van der Waals surface area contributed by atoms with Crippen molar-refractivity contribution in [1.29, 1.82) is 0 Å². The zero-order valence-electron chi connectivity index (χ0n) is 11.5. The molecule has 2 aromatic rings. The summed E-state index contributed by atoms with van der Waals surface area (Å²) in [5.74, 6) is 0.371. The summed E-state index contributed by atoms with van der Waals surface area (Å²) in [6.45, 7) is 2.06. The van der Waals surface area contributed by atoms with Crippen LogP contribution in [0.5, 0.6) is 0 Å². The number of aromatic nitrogens is 3. The number of likely N-dealkylation sites (tertiary alicyclic amines) is 1. The molecule has 112 valence electrons. The third-order valence-corrected chi connectivity index (χ3v) is 4.06. The number of primary amides is 1. The van der Waals surface area contributed by atoms with E-state index >= 15 is 0 Å². The molecule has 1 saturated heterocycles. The predicted molar refractivity (Wildman–Crippen MR) is 83.0 cm³/mol. The van der Waals surface area contributed by atoms with Gasteiger partial charge in [-0.15, -0.1) is 5.10 Å². The van der Waals surface area contributed by atoms with Gasteiger partial charge in [-0.3, -0.25) is 9.69 Å². The minimum Gasteiger partial charge on any atom is -0.369 e. The fourth-order valence-electron chi connectivity index (χ4n) is 2.56. The van der Waals surface area contributed by atoms with Crippen LogP contribution in [0.3, 0.4) is 0 Å². The van der Waals surface area contributed by atoms with Gasteiger partial charge in [-0.25, -0.2) is 4.52 Å².